The first-order valence-corrected chi connectivity index (χ1v) is 11.4. The highest BCUT2D eigenvalue weighted by molar-refractivity contribution is 5.87. The van der Waals surface area contributed by atoms with Crippen LogP contribution < -0.4 is 0 Å². The highest BCUT2D eigenvalue weighted by Gasteiger charge is 2.62. The Morgan fingerprint density at radius 2 is 1.38 bits per heavy atom. The van der Waals surface area contributed by atoms with Gasteiger partial charge in [0.2, 0.25) is 0 Å². The van der Waals surface area contributed by atoms with E-state index in [2.05, 4.69) is 48.5 Å². The average molecular weight is 425 g/mol. The zero-order valence-electron chi connectivity index (χ0n) is 18.2. The summed E-state index contributed by atoms with van der Waals surface area (Å²) in [5.74, 6) is 0.710. The van der Waals surface area contributed by atoms with E-state index < -0.39 is 5.41 Å². The van der Waals surface area contributed by atoms with E-state index in [9.17, 15) is 4.79 Å². The number of ether oxygens (including phenoxy) is 2. The predicted molar refractivity (Wildman–Crippen MR) is 125 cm³/mol. The number of allylic oxidation sites excluding steroid dienone is 1. The van der Waals surface area contributed by atoms with Crippen LogP contribution in [0.2, 0.25) is 0 Å². The van der Waals surface area contributed by atoms with E-state index in [1.807, 2.05) is 42.5 Å². The normalized spacial score (nSPS) is 21.4. The number of benzene rings is 3. The Morgan fingerprint density at radius 3 is 1.94 bits per heavy atom. The second kappa shape index (κ2) is 9.04. The summed E-state index contributed by atoms with van der Waals surface area (Å²) in [6.45, 7) is 0.467. The third-order valence-corrected chi connectivity index (χ3v) is 6.48. The molecule has 0 radical (unpaired) electrons. The molecule has 0 amide bonds. The molecule has 0 spiro atoms. The summed E-state index contributed by atoms with van der Waals surface area (Å²) >= 11 is 0. The summed E-state index contributed by atoms with van der Waals surface area (Å²) in [7, 11) is 0. The summed E-state index contributed by atoms with van der Waals surface area (Å²) in [6.07, 6.45) is 4.08. The fourth-order valence-corrected chi connectivity index (χ4v) is 4.64. The molecule has 3 heteroatoms. The number of carbonyl (C=O) groups is 1. The van der Waals surface area contributed by atoms with Gasteiger partial charge in [-0.3, -0.25) is 4.79 Å². The molecule has 1 aliphatic heterocycles. The zero-order valence-corrected chi connectivity index (χ0v) is 18.2. The molecule has 1 aliphatic carbocycles. The van der Waals surface area contributed by atoms with Crippen LogP contribution in [0.3, 0.4) is 0 Å². The van der Waals surface area contributed by atoms with E-state index in [0.29, 0.717) is 13.0 Å². The lowest BCUT2D eigenvalue weighted by atomic mass is 9.69. The number of carbonyl (C=O) groups excluding carboxylic acids is 1. The third kappa shape index (κ3) is 4.20. The van der Waals surface area contributed by atoms with Crippen LogP contribution in [0.15, 0.2) is 102 Å². The van der Waals surface area contributed by atoms with Crippen molar-refractivity contribution in [2.75, 3.05) is 0 Å². The maximum absolute atomic E-state index is 13.2. The number of aryl methyl sites for hydroxylation is 1. The number of hydrogen-bond acceptors (Lipinski definition) is 3. The fourth-order valence-electron chi connectivity index (χ4n) is 4.64. The monoisotopic (exact) mass is 424 g/mol. The second-order valence-corrected chi connectivity index (χ2v) is 8.76. The Hall–Kier alpha value is -3.33. The molecule has 3 aromatic carbocycles. The summed E-state index contributed by atoms with van der Waals surface area (Å²) in [4.78, 5) is 13.2. The summed E-state index contributed by atoms with van der Waals surface area (Å²) < 4.78 is 12.3. The smallest absolute Gasteiger partial charge is 0.324 e. The van der Waals surface area contributed by atoms with E-state index >= 15 is 0 Å². The van der Waals surface area contributed by atoms with Crippen molar-refractivity contribution in [3.8, 4) is 0 Å². The molecule has 32 heavy (non-hydrogen) atoms. The fraction of sp³-hybridized carbons (Fsp3) is 0.276. The van der Waals surface area contributed by atoms with Crippen LogP contribution in [0.5, 0.6) is 0 Å². The number of rotatable bonds is 9. The van der Waals surface area contributed by atoms with Crippen molar-refractivity contribution in [2.45, 2.75) is 44.8 Å². The van der Waals surface area contributed by atoms with E-state index in [0.717, 1.165) is 42.6 Å². The van der Waals surface area contributed by atoms with Gasteiger partial charge in [0.25, 0.3) is 0 Å². The van der Waals surface area contributed by atoms with Crippen LogP contribution >= 0.6 is 0 Å². The minimum Gasteiger partial charge on any atom is -0.492 e. The predicted octanol–water partition coefficient (Wildman–Crippen LogP) is 6.04. The van der Waals surface area contributed by atoms with Crippen molar-refractivity contribution in [2.24, 2.45) is 5.41 Å². The minimum absolute atomic E-state index is 0.151. The molecule has 2 fully saturated rings. The molecular weight excluding hydrogens is 396 g/mol. The van der Waals surface area contributed by atoms with Gasteiger partial charge in [0, 0.05) is 0 Å². The first-order valence-electron chi connectivity index (χ1n) is 11.4. The molecule has 5 rings (SSSR count). The van der Waals surface area contributed by atoms with Crippen molar-refractivity contribution in [1.29, 1.82) is 0 Å². The highest BCUT2D eigenvalue weighted by Crippen LogP contribution is 2.53. The van der Waals surface area contributed by atoms with E-state index in [-0.39, 0.29) is 12.1 Å². The van der Waals surface area contributed by atoms with Gasteiger partial charge in [-0.1, -0.05) is 91.0 Å². The lowest BCUT2D eigenvalue weighted by Gasteiger charge is -2.48. The van der Waals surface area contributed by atoms with Crippen molar-refractivity contribution >= 4 is 5.97 Å². The molecule has 1 saturated heterocycles. The molecule has 3 nitrogen and oxygen atoms in total. The van der Waals surface area contributed by atoms with Crippen LogP contribution in [0.25, 0.3) is 0 Å². The van der Waals surface area contributed by atoms with Gasteiger partial charge in [-0.15, -0.1) is 0 Å². The van der Waals surface area contributed by atoms with Crippen LogP contribution in [-0.2, 0) is 33.7 Å². The Labute approximate surface area is 189 Å². The molecule has 2 aliphatic rings. The Kier molecular flexibility index (Phi) is 5.81. The summed E-state index contributed by atoms with van der Waals surface area (Å²) in [6, 6.07) is 30.8. The maximum Gasteiger partial charge on any atom is 0.324 e. The quantitative estimate of drug-likeness (QED) is 0.310. The second-order valence-electron chi connectivity index (χ2n) is 8.76. The van der Waals surface area contributed by atoms with E-state index in [1.54, 1.807) is 0 Å². The molecular formula is C29H28O3. The molecule has 1 heterocycles. The molecule has 0 aromatic heterocycles. The molecule has 0 N–H and O–H groups in total. The highest BCUT2D eigenvalue weighted by atomic mass is 16.6. The van der Waals surface area contributed by atoms with Crippen molar-refractivity contribution in [3.05, 3.63) is 119 Å². The third-order valence-electron chi connectivity index (χ3n) is 6.48. The topological polar surface area (TPSA) is 35.5 Å². The van der Waals surface area contributed by atoms with Gasteiger partial charge in [0.05, 0.1) is 0 Å². The standard InChI is InChI=1S/C29H28O3/c30-28-29(20-23-12-6-2-7-13-23,26(32-28)19-16-22-10-4-1-5-11-22)27(25-17-18-25)31-21-24-14-8-3-9-15-24/h1-15,26H,16-21H2/t26?,29-/m0/s1. The van der Waals surface area contributed by atoms with Crippen molar-refractivity contribution in [1.82, 2.24) is 0 Å². The molecule has 3 aromatic rings. The van der Waals surface area contributed by atoms with Crippen LogP contribution in [0.4, 0.5) is 0 Å². The lowest BCUT2D eigenvalue weighted by molar-refractivity contribution is -0.207. The Morgan fingerprint density at radius 1 is 0.812 bits per heavy atom. The van der Waals surface area contributed by atoms with Gasteiger partial charge in [-0.2, -0.15) is 0 Å². The SMILES string of the molecule is O=C1OC(CCc2ccccc2)[C@@]1(Cc1ccccc1)C(OCc1ccccc1)=C1CC1. The summed E-state index contributed by atoms with van der Waals surface area (Å²) in [5.41, 5.74) is 4.02. The van der Waals surface area contributed by atoms with Crippen molar-refractivity contribution in [3.63, 3.8) is 0 Å². The van der Waals surface area contributed by atoms with Gasteiger partial charge in [-0.25, -0.2) is 0 Å². The Balaban J connectivity index is 1.44. The first-order chi connectivity index (χ1) is 15.8. The largest absolute Gasteiger partial charge is 0.492 e. The molecule has 0 bridgehead atoms. The van der Waals surface area contributed by atoms with Gasteiger partial charge >= 0.3 is 5.97 Å². The minimum atomic E-state index is -0.739. The van der Waals surface area contributed by atoms with Crippen LogP contribution in [-0.4, -0.2) is 12.1 Å². The molecule has 1 saturated carbocycles. The molecule has 1 unspecified atom stereocenters. The average Bonchev–Trinajstić information content (AvgIpc) is 3.68. The number of cyclic esters (lactones) is 1. The van der Waals surface area contributed by atoms with Gasteiger partial charge in [-0.05, 0) is 54.4 Å². The van der Waals surface area contributed by atoms with Gasteiger partial charge in [0.15, 0.2) is 5.41 Å². The Bertz CT molecular complexity index is 1080. The van der Waals surface area contributed by atoms with Gasteiger partial charge in [0.1, 0.15) is 18.5 Å². The van der Waals surface area contributed by atoms with E-state index in [4.69, 9.17) is 9.47 Å². The zero-order chi connectivity index (χ0) is 21.8. The van der Waals surface area contributed by atoms with Gasteiger partial charge < -0.3 is 9.47 Å². The first kappa shape index (κ1) is 20.6. The molecule has 162 valence electrons. The number of esters is 1. The number of hydrogen-bond donors (Lipinski definition) is 0. The lowest BCUT2D eigenvalue weighted by Crippen LogP contribution is -2.59. The maximum atomic E-state index is 13.2. The molecule has 2 atom stereocenters. The van der Waals surface area contributed by atoms with Crippen LogP contribution in [0.1, 0.15) is 36.0 Å². The van der Waals surface area contributed by atoms with Crippen molar-refractivity contribution < 1.29 is 14.3 Å². The summed E-state index contributed by atoms with van der Waals surface area (Å²) in [5, 5.41) is 0. The van der Waals surface area contributed by atoms with Crippen LogP contribution in [0, 0.1) is 5.41 Å². The van der Waals surface area contributed by atoms with E-state index in [1.165, 1.54) is 11.1 Å².